The van der Waals surface area contributed by atoms with Gasteiger partial charge in [-0.25, -0.2) is 4.98 Å². The normalized spacial score (nSPS) is 10.0. The number of carbonyl (C=O) groups excluding carboxylic acids is 1. The van der Waals surface area contributed by atoms with E-state index in [0.29, 0.717) is 17.0 Å². The van der Waals surface area contributed by atoms with Crippen LogP contribution in [0.1, 0.15) is 10.4 Å². The van der Waals surface area contributed by atoms with Gasteiger partial charge < -0.3 is 15.8 Å². The summed E-state index contributed by atoms with van der Waals surface area (Å²) in [6.45, 7) is 0. The summed E-state index contributed by atoms with van der Waals surface area (Å²) in [6, 6.07) is 8.55. The Labute approximate surface area is 118 Å². The summed E-state index contributed by atoms with van der Waals surface area (Å²) in [5, 5.41) is 2.74. The quantitative estimate of drug-likeness (QED) is 0.911. The summed E-state index contributed by atoms with van der Waals surface area (Å²) < 4.78 is 5.98. The van der Waals surface area contributed by atoms with E-state index >= 15 is 0 Å². The predicted octanol–water partition coefficient (Wildman–Crippen LogP) is 2.69. The summed E-state index contributed by atoms with van der Waals surface area (Å²) in [7, 11) is 1.56. The highest BCUT2D eigenvalue weighted by atomic mass is 79.9. The fourth-order valence-corrected chi connectivity index (χ4v) is 1.95. The van der Waals surface area contributed by atoms with Gasteiger partial charge in [0.2, 0.25) is 0 Å². The average molecular weight is 322 g/mol. The van der Waals surface area contributed by atoms with Gasteiger partial charge >= 0.3 is 0 Å². The molecule has 0 bridgehead atoms. The van der Waals surface area contributed by atoms with Crippen molar-refractivity contribution in [3.8, 4) is 5.75 Å². The van der Waals surface area contributed by atoms with Crippen LogP contribution in [0.4, 0.5) is 11.5 Å². The first-order valence-electron chi connectivity index (χ1n) is 5.47. The van der Waals surface area contributed by atoms with E-state index in [-0.39, 0.29) is 11.7 Å². The summed E-state index contributed by atoms with van der Waals surface area (Å²) in [5.74, 6) is 0.524. The van der Waals surface area contributed by atoms with Crippen LogP contribution in [-0.2, 0) is 0 Å². The Morgan fingerprint density at radius 2 is 2.21 bits per heavy atom. The molecular formula is C13H12BrN3O2. The molecule has 98 valence electrons. The standard InChI is InChI=1S/C13H12BrN3O2/c1-19-11-7-8(4-5-10(11)14)17-13(18)9-3-2-6-16-12(9)15/h2-7H,1H3,(H2,15,16)(H,17,18). The van der Waals surface area contributed by atoms with Crippen molar-refractivity contribution in [2.24, 2.45) is 0 Å². The number of nitrogens with zero attached hydrogens (tertiary/aromatic N) is 1. The largest absolute Gasteiger partial charge is 0.495 e. The molecule has 0 atom stereocenters. The van der Waals surface area contributed by atoms with Crippen LogP contribution in [0.25, 0.3) is 0 Å². The average Bonchev–Trinajstić information content (AvgIpc) is 2.41. The van der Waals surface area contributed by atoms with Crippen molar-refractivity contribution in [1.29, 1.82) is 0 Å². The van der Waals surface area contributed by atoms with Crippen molar-refractivity contribution in [1.82, 2.24) is 4.98 Å². The first-order chi connectivity index (χ1) is 9.11. The lowest BCUT2D eigenvalue weighted by Crippen LogP contribution is -2.14. The number of anilines is 2. The number of nitrogens with two attached hydrogens (primary N) is 1. The van der Waals surface area contributed by atoms with Gasteiger partial charge in [0.25, 0.3) is 5.91 Å². The number of hydrogen-bond donors (Lipinski definition) is 2. The SMILES string of the molecule is COc1cc(NC(=O)c2cccnc2N)ccc1Br. The Balaban J connectivity index is 2.22. The number of hydrogen-bond acceptors (Lipinski definition) is 4. The Morgan fingerprint density at radius 3 is 2.89 bits per heavy atom. The number of ether oxygens (including phenoxy) is 1. The smallest absolute Gasteiger partial charge is 0.259 e. The van der Waals surface area contributed by atoms with Gasteiger partial charge in [0.1, 0.15) is 11.6 Å². The lowest BCUT2D eigenvalue weighted by Gasteiger charge is -2.09. The van der Waals surface area contributed by atoms with Crippen LogP contribution in [0.2, 0.25) is 0 Å². The van der Waals surface area contributed by atoms with E-state index in [0.717, 1.165) is 4.47 Å². The number of benzene rings is 1. The van der Waals surface area contributed by atoms with Gasteiger partial charge in [-0.1, -0.05) is 0 Å². The zero-order valence-electron chi connectivity index (χ0n) is 10.2. The fourth-order valence-electron chi connectivity index (χ4n) is 1.55. The van der Waals surface area contributed by atoms with Crippen LogP contribution in [0.15, 0.2) is 41.0 Å². The molecule has 5 nitrogen and oxygen atoms in total. The maximum Gasteiger partial charge on any atom is 0.259 e. The number of aromatic nitrogens is 1. The van der Waals surface area contributed by atoms with Crippen LogP contribution < -0.4 is 15.8 Å². The van der Waals surface area contributed by atoms with Crippen molar-refractivity contribution in [3.63, 3.8) is 0 Å². The number of pyridine rings is 1. The van der Waals surface area contributed by atoms with Crippen LogP contribution in [0.5, 0.6) is 5.75 Å². The van der Waals surface area contributed by atoms with Crippen molar-refractivity contribution < 1.29 is 9.53 Å². The van der Waals surface area contributed by atoms with E-state index in [1.807, 2.05) is 0 Å². The highest BCUT2D eigenvalue weighted by Gasteiger charge is 2.11. The number of methoxy groups -OCH3 is 1. The third kappa shape index (κ3) is 3.03. The third-order valence-electron chi connectivity index (χ3n) is 2.49. The van der Waals surface area contributed by atoms with E-state index in [2.05, 4.69) is 26.2 Å². The molecule has 6 heteroatoms. The monoisotopic (exact) mass is 321 g/mol. The van der Waals surface area contributed by atoms with Gasteiger partial charge in [-0.15, -0.1) is 0 Å². The molecule has 3 N–H and O–H groups in total. The first-order valence-corrected chi connectivity index (χ1v) is 6.26. The van der Waals surface area contributed by atoms with Crippen LogP contribution in [-0.4, -0.2) is 18.0 Å². The van der Waals surface area contributed by atoms with E-state index in [1.165, 1.54) is 6.20 Å². The Bertz CT molecular complexity index is 617. The van der Waals surface area contributed by atoms with Crippen LogP contribution >= 0.6 is 15.9 Å². The van der Waals surface area contributed by atoms with Crippen molar-refractivity contribution in [3.05, 3.63) is 46.6 Å². The van der Waals surface area contributed by atoms with E-state index in [4.69, 9.17) is 10.5 Å². The molecule has 0 saturated heterocycles. The van der Waals surface area contributed by atoms with Gasteiger partial charge in [-0.2, -0.15) is 0 Å². The molecule has 2 aromatic rings. The van der Waals surface area contributed by atoms with E-state index in [1.54, 1.807) is 37.4 Å². The molecule has 0 aliphatic heterocycles. The number of rotatable bonds is 3. The molecule has 19 heavy (non-hydrogen) atoms. The topological polar surface area (TPSA) is 77.2 Å². The highest BCUT2D eigenvalue weighted by Crippen LogP contribution is 2.28. The minimum absolute atomic E-state index is 0.198. The molecule has 1 aromatic carbocycles. The van der Waals surface area contributed by atoms with Gasteiger partial charge in [-0.3, -0.25) is 4.79 Å². The molecule has 0 radical (unpaired) electrons. The lowest BCUT2D eigenvalue weighted by molar-refractivity contribution is 0.102. The second kappa shape index (κ2) is 5.71. The Kier molecular flexibility index (Phi) is 4.01. The molecule has 1 amide bonds. The Morgan fingerprint density at radius 1 is 1.42 bits per heavy atom. The maximum absolute atomic E-state index is 12.0. The highest BCUT2D eigenvalue weighted by molar-refractivity contribution is 9.10. The number of carbonyl (C=O) groups is 1. The summed E-state index contributed by atoms with van der Waals surface area (Å²) in [6.07, 6.45) is 1.54. The molecule has 0 aliphatic carbocycles. The van der Waals surface area contributed by atoms with Crippen molar-refractivity contribution >= 4 is 33.3 Å². The lowest BCUT2D eigenvalue weighted by atomic mass is 10.2. The van der Waals surface area contributed by atoms with E-state index in [9.17, 15) is 4.79 Å². The predicted molar refractivity (Wildman–Crippen MR) is 77.3 cm³/mol. The second-order valence-electron chi connectivity index (χ2n) is 3.74. The molecule has 1 aromatic heterocycles. The van der Waals surface area contributed by atoms with Gasteiger partial charge in [-0.05, 0) is 40.2 Å². The number of amides is 1. The third-order valence-corrected chi connectivity index (χ3v) is 3.15. The molecular weight excluding hydrogens is 310 g/mol. The van der Waals surface area contributed by atoms with Crippen molar-refractivity contribution in [2.75, 3.05) is 18.2 Å². The number of nitrogens with one attached hydrogen (secondary N) is 1. The van der Waals surface area contributed by atoms with Crippen molar-refractivity contribution in [2.45, 2.75) is 0 Å². The molecule has 0 unspecified atom stereocenters. The van der Waals surface area contributed by atoms with Crippen LogP contribution in [0.3, 0.4) is 0 Å². The zero-order valence-corrected chi connectivity index (χ0v) is 11.8. The molecule has 0 fully saturated rings. The molecule has 1 heterocycles. The molecule has 0 aliphatic rings. The second-order valence-corrected chi connectivity index (χ2v) is 4.59. The van der Waals surface area contributed by atoms with E-state index < -0.39 is 0 Å². The Hall–Kier alpha value is -2.08. The minimum Gasteiger partial charge on any atom is -0.495 e. The fraction of sp³-hybridized carbons (Fsp3) is 0.0769. The van der Waals surface area contributed by atoms with Crippen LogP contribution in [0, 0.1) is 0 Å². The summed E-state index contributed by atoms with van der Waals surface area (Å²) in [4.78, 5) is 15.9. The number of nitrogen functional groups attached to an aromatic ring is 1. The minimum atomic E-state index is -0.310. The molecule has 0 saturated carbocycles. The first kappa shape index (κ1) is 13.4. The van der Waals surface area contributed by atoms with Gasteiger partial charge in [0.15, 0.2) is 0 Å². The number of halogens is 1. The molecule has 0 spiro atoms. The summed E-state index contributed by atoms with van der Waals surface area (Å²) >= 11 is 3.35. The maximum atomic E-state index is 12.0. The van der Waals surface area contributed by atoms with Gasteiger partial charge in [0.05, 0.1) is 17.1 Å². The molecule has 2 rings (SSSR count). The summed E-state index contributed by atoms with van der Waals surface area (Å²) in [5.41, 5.74) is 6.61. The zero-order chi connectivity index (χ0) is 13.8. The van der Waals surface area contributed by atoms with Gasteiger partial charge in [0, 0.05) is 18.0 Å².